The van der Waals surface area contributed by atoms with E-state index in [9.17, 15) is 4.79 Å². The zero-order valence-corrected chi connectivity index (χ0v) is 12.0. The van der Waals surface area contributed by atoms with E-state index in [1.165, 1.54) is 23.1 Å². The number of carboxylic acid groups (broad SMARTS) is 1. The summed E-state index contributed by atoms with van der Waals surface area (Å²) in [5.41, 5.74) is 7.26. The van der Waals surface area contributed by atoms with Crippen LogP contribution in [0.2, 0.25) is 5.02 Å². The van der Waals surface area contributed by atoms with Gasteiger partial charge in [-0.05, 0) is 18.2 Å². The molecule has 100 valence electrons. The van der Waals surface area contributed by atoms with Crippen molar-refractivity contribution in [2.24, 2.45) is 0 Å². The summed E-state index contributed by atoms with van der Waals surface area (Å²) in [6.45, 7) is 0. The van der Waals surface area contributed by atoms with Gasteiger partial charge < -0.3 is 10.8 Å². The molecule has 0 atom stereocenters. The van der Waals surface area contributed by atoms with Gasteiger partial charge in [-0.1, -0.05) is 11.6 Å². The Hall–Kier alpha value is -1.44. The predicted octanol–water partition coefficient (Wildman–Crippen LogP) is 3.76. The quantitative estimate of drug-likeness (QED) is 0.590. The molecule has 19 heavy (non-hydrogen) atoms. The molecule has 0 spiro atoms. The highest BCUT2D eigenvalue weighted by atomic mass is 35.5. The Morgan fingerprint density at radius 1 is 1.58 bits per heavy atom. The van der Waals surface area contributed by atoms with Gasteiger partial charge in [-0.3, -0.25) is 5.32 Å². The Morgan fingerprint density at radius 3 is 3.05 bits per heavy atom. The minimum Gasteiger partial charge on any atom is -0.465 e. The Balaban J connectivity index is 1.98. The fraction of sp³-hybridized carbons (Fsp3) is 0.0909. The van der Waals surface area contributed by atoms with Crippen LogP contribution in [0.5, 0.6) is 0 Å². The van der Waals surface area contributed by atoms with Crippen molar-refractivity contribution in [2.75, 3.05) is 11.1 Å². The molecule has 0 saturated heterocycles. The van der Waals surface area contributed by atoms with Crippen LogP contribution in [-0.4, -0.2) is 16.2 Å². The molecule has 0 aliphatic rings. The molecule has 0 aliphatic heterocycles. The maximum absolute atomic E-state index is 10.5. The molecule has 0 aliphatic carbocycles. The molecule has 0 fully saturated rings. The van der Waals surface area contributed by atoms with Gasteiger partial charge in [0.1, 0.15) is 0 Å². The van der Waals surface area contributed by atoms with Crippen molar-refractivity contribution in [2.45, 2.75) is 10.6 Å². The second-order valence-electron chi connectivity index (χ2n) is 3.54. The summed E-state index contributed by atoms with van der Waals surface area (Å²) in [5.74, 6) is 0.615. The van der Waals surface area contributed by atoms with Crippen LogP contribution in [0, 0.1) is 0 Å². The molecule has 0 saturated carbocycles. The van der Waals surface area contributed by atoms with Crippen molar-refractivity contribution in [3.63, 3.8) is 0 Å². The highest BCUT2D eigenvalue weighted by molar-refractivity contribution is 7.98. The SMILES string of the molecule is Nc1cc(Cl)ccc1SCc1csc(NC(=O)O)n1. The topological polar surface area (TPSA) is 88.2 Å². The largest absolute Gasteiger partial charge is 0.465 e. The third kappa shape index (κ3) is 4.02. The van der Waals surface area contributed by atoms with Crippen LogP contribution in [0.15, 0.2) is 28.5 Å². The molecule has 0 unspecified atom stereocenters. The van der Waals surface area contributed by atoms with Crippen molar-refractivity contribution in [3.05, 3.63) is 34.3 Å². The molecule has 0 radical (unpaired) electrons. The third-order valence-corrected chi connectivity index (χ3v) is 4.28. The average molecular weight is 316 g/mol. The van der Waals surface area contributed by atoms with Crippen LogP contribution >= 0.6 is 34.7 Å². The van der Waals surface area contributed by atoms with Crippen molar-refractivity contribution in [1.29, 1.82) is 0 Å². The normalized spacial score (nSPS) is 10.4. The summed E-state index contributed by atoms with van der Waals surface area (Å²) in [5, 5.41) is 13.6. The van der Waals surface area contributed by atoms with Gasteiger partial charge >= 0.3 is 6.09 Å². The van der Waals surface area contributed by atoms with Gasteiger partial charge in [-0.2, -0.15) is 0 Å². The van der Waals surface area contributed by atoms with Gasteiger partial charge in [0.25, 0.3) is 0 Å². The Morgan fingerprint density at radius 2 is 2.37 bits per heavy atom. The molecular weight excluding hydrogens is 306 g/mol. The molecule has 1 amide bonds. The van der Waals surface area contributed by atoms with Gasteiger partial charge in [0.2, 0.25) is 0 Å². The van der Waals surface area contributed by atoms with Crippen LogP contribution in [0.25, 0.3) is 0 Å². The van der Waals surface area contributed by atoms with E-state index < -0.39 is 6.09 Å². The van der Waals surface area contributed by atoms with Crippen LogP contribution in [0.1, 0.15) is 5.69 Å². The van der Waals surface area contributed by atoms with E-state index >= 15 is 0 Å². The summed E-state index contributed by atoms with van der Waals surface area (Å²) >= 11 is 8.60. The molecule has 0 bridgehead atoms. The third-order valence-electron chi connectivity index (χ3n) is 2.11. The van der Waals surface area contributed by atoms with E-state index in [1.807, 2.05) is 11.4 Å². The maximum Gasteiger partial charge on any atom is 0.410 e. The number of rotatable bonds is 4. The smallest absolute Gasteiger partial charge is 0.410 e. The first-order chi connectivity index (χ1) is 9.04. The first kappa shape index (κ1) is 14.0. The van der Waals surface area contributed by atoms with Gasteiger partial charge in [0.15, 0.2) is 5.13 Å². The number of carbonyl (C=O) groups is 1. The molecule has 5 nitrogen and oxygen atoms in total. The lowest BCUT2D eigenvalue weighted by Crippen LogP contribution is -2.06. The van der Waals surface area contributed by atoms with E-state index in [2.05, 4.69) is 10.3 Å². The second-order valence-corrected chi connectivity index (χ2v) is 5.86. The van der Waals surface area contributed by atoms with Crippen LogP contribution in [-0.2, 0) is 5.75 Å². The number of halogens is 1. The molecule has 8 heteroatoms. The minimum absolute atomic E-state index is 0.368. The first-order valence-electron chi connectivity index (χ1n) is 5.17. The number of nitrogens with zero attached hydrogens (tertiary/aromatic N) is 1. The number of hydrogen-bond donors (Lipinski definition) is 3. The Labute approximate surface area is 122 Å². The summed E-state index contributed by atoms with van der Waals surface area (Å²) in [6.07, 6.45) is -1.12. The van der Waals surface area contributed by atoms with E-state index in [4.69, 9.17) is 22.4 Å². The van der Waals surface area contributed by atoms with Gasteiger partial charge in [-0.15, -0.1) is 23.1 Å². The van der Waals surface area contributed by atoms with Gasteiger partial charge in [0.05, 0.1) is 5.69 Å². The lowest BCUT2D eigenvalue weighted by molar-refractivity contribution is 0.209. The van der Waals surface area contributed by atoms with Crippen molar-refractivity contribution in [1.82, 2.24) is 4.98 Å². The molecule has 4 N–H and O–H groups in total. The lowest BCUT2D eigenvalue weighted by Gasteiger charge is -2.04. The molecule has 1 aromatic heterocycles. The van der Waals surface area contributed by atoms with E-state index in [-0.39, 0.29) is 0 Å². The summed E-state index contributed by atoms with van der Waals surface area (Å²) in [7, 11) is 0. The Kier molecular flexibility index (Phi) is 4.52. The molecule has 1 aromatic carbocycles. The minimum atomic E-state index is -1.12. The summed E-state index contributed by atoms with van der Waals surface area (Å²) in [6, 6.07) is 5.33. The van der Waals surface area contributed by atoms with Crippen molar-refractivity contribution in [3.8, 4) is 0 Å². The van der Waals surface area contributed by atoms with Crippen molar-refractivity contribution >= 4 is 51.6 Å². The Bertz CT molecular complexity index is 603. The maximum atomic E-state index is 10.5. The number of benzene rings is 1. The van der Waals surface area contributed by atoms with Crippen LogP contribution < -0.4 is 11.1 Å². The number of nitrogens with one attached hydrogen (secondary N) is 1. The fourth-order valence-corrected chi connectivity index (χ4v) is 3.15. The van der Waals surface area contributed by atoms with E-state index in [0.29, 0.717) is 21.6 Å². The van der Waals surface area contributed by atoms with E-state index in [0.717, 1.165) is 10.6 Å². The summed E-state index contributed by atoms with van der Waals surface area (Å²) in [4.78, 5) is 15.5. The zero-order chi connectivity index (χ0) is 13.8. The molecular formula is C11H10ClN3O2S2. The standard InChI is InChI=1S/C11H10ClN3O2S2/c12-6-1-2-9(8(13)3-6)18-4-7-5-19-10(14-7)15-11(16)17/h1-3,5H,4,13H2,(H,14,15)(H,16,17). The summed E-state index contributed by atoms with van der Waals surface area (Å²) < 4.78 is 0. The monoisotopic (exact) mass is 315 g/mol. The number of thiazole rings is 1. The van der Waals surface area contributed by atoms with Gasteiger partial charge in [0, 0.05) is 26.7 Å². The number of nitrogen functional groups attached to an aromatic ring is 1. The number of hydrogen-bond acceptors (Lipinski definition) is 5. The number of amides is 1. The van der Waals surface area contributed by atoms with Crippen LogP contribution in [0.3, 0.4) is 0 Å². The first-order valence-corrected chi connectivity index (χ1v) is 7.41. The lowest BCUT2D eigenvalue weighted by atomic mass is 10.3. The number of thioether (sulfide) groups is 1. The van der Waals surface area contributed by atoms with Gasteiger partial charge in [-0.25, -0.2) is 9.78 Å². The highest BCUT2D eigenvalue weighted by Crippen LogP contribution is 2.30. The highest BCUT2D eigenvalue weighted by Gasteiger charge is 2.06. The second kappa shape index (κ2) is 6.14. The van der Waals surface area contributed by atoms with E-state index in [1.54, 1.807) is 12.1 Å². The average Bonchev–Trinajstić information content (AvgIpc) is 2.74. The molecule has 2 rings (SSSR count). The number of aromatic nitrogens is 1. The molecule has 1 heterocycles. The zero-order valence-electron chi connectivity index (χ0n) is 9.59. The van der Waals surface area contributed by atoms with Crippen LogP contribution in [0.4, 0.5) is 15.6 Å². The number of nitrogens with two attached hydrogens (primary N) is 1. The van der Waals surface area contributed by atoms with Crippen molar-refractivity contribution < 1.29 is 9.90 Å². The predicted molar refractivity (Wildman–Crippen MR) is 79.2 cm³/mol. The number of anilines is 2. The fourth-order valence-electron chi connectivity index (χ4n) is 1.32. The molecule has 2 aromatic rings.